The van der Waals surface area contributed by atoms with Gasteiger partial charge in [-0.3, -0.25) is 5.32 Å². The van der Waals surface area contributed by atoms with Crippen LogP contribution in [0.5, 0.6) is 0 Å². The van der Waals surface area contributed by atoms with Crippen molar-refractivity contribution in [1.29, 1.82) is 0 Å². The average molecular weight is 202 g/mol. The van der Waals surface area contributed by atoms with Gasteiger partial charge in [0.15, 0.2) is 0 Å². The van der Waals surface area contributed by atoms with Crippen molar-refractivity contribution in [2.75, 3.05) is 19.6 Å². The number of pyridine rings is 1. The van der Waals surface area contributed by atoms with Crippen LogP contribution in [0.2, 0.25) is 0 Å². The minimum Gasteiger partial charge on any atom is -0.315 e. The Bertz CT molecular complexity index is 456. The fourth-order valence-electron chi connectivity index (χ4n) is 2.07. The Morgan fingerprint density at radius 1 is 1.33 bits per heavy atom. The first-order valence-electron chi connectivity index (χ1n) is 5.31. The van der Waals surface area contributed by atoms with Crippen molar-refractivity contribution in [2.45, 2.75) is 6.17 Å². The van der Waals surface area contributed by atoms with Gasteiger partial charge < -0.3 is 9.88 Å². The van der Waals surface area contributed by atoms with Crippen molar-refractivity contribution in [3.05, 3.63) is 30.6 Å². The van der Waals surface area contributed by atoms with Crippen LogP contribution in [0.15, 0.2) is 30.6 Å². The van der Waals surface area contributed by atoms with Crippen molar-refractivity contribution < 1.29 is 0 Å². The fraction of sp³-hybridized carbons (Fsp3) is 0.364. The van der Waals surface area contributed by atoms with E-state index in [0.29, 0.717) is 6.17 Å². The number of aromatic nitrogens is 2. The standard InChI is InChI=1S/C11H14N4/c1-2-9-3-7-15(11(9)14-4-1)10-8-12-5-6-13-10/h1-4,7,10,12-13H,5-6,8H2. The maximum atomic E-state index is 4.41. The minimum absolute atomic E-state index is 0.325. The van der Waals surface area contributed by atoms with E-state index in [-0.39, 0.29) is 0 Å². The lowest BCUT2D eigenvalue weighted by molar-refractivity contribution is 0.345. The second-order valence-corrected chi connectivity index (χ2v) is 3.81. The predicted molar refractivity (Wildman–Crippen MR) is 59.6 cm³/mol. The van der Waals surface area contributed by atoms with E-state index in [2.05, 4.69) is 38.5 Å². The molecule has 0 bridgehead atoms. The van der Waals surface area contributed by atoms with Crippen molar-refractivity contribution in [2.24, 2.45) is 0 Å². The topological polar surface area (TPSA) is 41.9 Å². The third-order valence-corrected chi connectivity index (χ3v) is 2.83. The van der Waals surface area contributed by atoms with E-state index >= 15 is 0 Å². The maximum Gasteiger partial charge on any atom is 0.141 e. The highest BCUT2D eigenvalue weighted by atomic mass is 15.2. The lowest BCUT2D eigenvalue weighted by Crippen LogP contribution is -2.45. The molecule has 78 valence electrons. The Balaban J connectivity index is 2.02. The molecule has 1 atom stereocenters. The van der Waals surface area contributed by atoms with Gasteiger partial charge in [-0.15, -0.1) is 0 Å². The summed E-state index contributed by atoms with van der Waals surface area (Å²) in [7, 11) is 0. The summed E-state index contributed by atoms with van der Waals surface area (Å²) in [6, 6.07) is 6.17. The predicted octanol–water partition coefficient (Wildman–Crippen LogP) is 0.728. The zero-order chi connectivity index (χ0) is 10.1. The SMILES string of the molecule is c1cnc2c(c1)ccn2C1CNCCN1. The molecule has 0 saturated carbocycles. The molecule has 0 radical (unpaired) electrons. The summed E-state index contributed by atoms with van der Waals surface area (Å²) in [5, 5.41) is 8.05. The number of hydrogen-bond donors (Lipinski definition) is 2. The molecule has 0 aromatic carbocycles. The fourth-order valence-corrected chi connectivity index (χ4v) is 2.07. The quantitative estimate of drug-likeness (QED) is 0.716. The Labute approximate surface area is 88.3 Å². The van der Waals surface area contributed by atoms with E-state index in [9.17, 15) is 0 Å². The Kier molecular flexibility index (Phi) is 2.16. The molecule has 3 heterocycles. The highest BCUT2D eigenvalue weighted by molar-refractivity contribution is 5.75. The van der Waals surface area contributed by atoms with Gasteiger partial charge in [0.1, 0.15) is 5.65 Å². The molecule has 4 heteroatoms. The number of fused-ring (bicyclic) bond motifs is 1. The van der Waals surface area contributed by atoms with Crippen LogP contribution in [0.3, 0.4) is 0 Å². The minimum atomic E-state index is 0.325. The maximum absolute atomic E-state index is 4.41. The van der Waals surface area contributed by atoms with Gasteiger partial charge in [-0.1, -0.05) is 0 Å². The number of nitrogens with one attached hydrogen (secondary N) is 2. The summed E-state index contributed by atoms with van der Waals surface area (Å²) >= 11 is 0. The number of hydrogen-bond acceptors (Lipinski definition) is 3. The lowest BCUT2D eigenvalue weighted by atomic mass is 10.3. The summed E-state index contributed by atoms with van der Waals surface area (Å²) in [5.74, 6) is 0. The molecule has 2 aromatic heterocycles. The normalized spacial score (nSPS) is 22.0. The van der Waals surface area contributed by atoms with Gasteiger partial charge in [-0.2, -0.15) is 0 Å². The molecule has 1 aliphatic heterocycles. The van der Waals surface area contributed by atoms with Crippen LogP contribution < -0.4 is 10.6 Å². The van der Waals surface area contributed by atoms with Crippen molar-refractivity contribution in [1.82, 2.24) is 20.2 Å². The zero-order valence-corrected chi connectivity index (χ0v) is 8.48. The summed E-state index contributed by atoms with van der Waals surface area (Å²) in [6.45, 7) is 3.01. The summed E-state index contributed by atoms with van der Waals surface area (Å²) < 4.78 is 2.20. The third-order valence-electron chi connectivity index (χ3n) is 2.83. The second kappa shape index (κ2) is 3.64. The molecule has 3 rings (SSSR count). The van der Waals surface area contributed by atoms with E-state index in [1.807, 2.05) is 12.3 Å². The molecular formula is C11H14N4. The highest BCUT2D eigenvalue weighted by Gasteiger charge is 2.15. The molecule has 4 nitrogen and oxygen atoms in total. The number of piperazine rings is 1. The van der Waals surface area contributed by atoms with Gasteiger partial charge in [-0.25, -0.2) is 4.98 Å². The van der Waals surface area contributed by atoms with Crippen LogP contribution in [-0.2, 0) is 0 Å². The summed E-state index contributed by atoms with van der Waals surface area (Å²) in [4.78, 5) is 4.41. The third kappa shape index (κ3) is 1.52. The van der Waals surface area contributed by atoms with Crippen LogP contribution in [0, 0.1) is 0 Å². The highest BCUT2D eigenvalue weighted by Crippen LogP contribution is 2.16. The van der Waals surface area contributed by atoms with Crippen LogP contribution >= 0.6 is 0 Å². The molecule has 0 aliphatic carbocycles. The van der Waals surface area contributed by atoms with Crippen LogP contribution in [-0.4, -0.2) is 29.2 Å². The van der Waals surface area contributed by atoms with Gasteiger partial charge in [-0.05, 0) is 18.2 Å². The monoisotopic (exact) mass is 202 g/mol. The Hall–Kier alpha value is -1.39. The van der Waals surface area contributed by atoms with Gasteiger partial charge in [0.2, 0.25) is 0 Å². The van der Waals surface area contributed by atoms with Crippen molar-refractivity contribution >= 4 is 11.0 Å². The zero-order valence-electron chi connectivity index (χ0n) is 8.48. The summed E-state index contributed by atoms with van der Waals surface area (Å²) in [6.07, 6.45) is 4.27. The molecule has 1 saturated heterocycles. The first-order chi connectivity index (χ1) is 7.45. The van der Waals surface area contributed by atoms with Crippen LogP contribution in [0.1, 0.15) is 6.17 Å². The van der Waals surface area contributed by atoms with E-state index < -0.39 is 0 Å². The van der Waals surface area contributed by atoms with Crippen LogP contribution in [0.25, 0.3) is 11.0 Å². The van der Waals surface area contributed by atoms with E-state index in [4.69, 9.17) is 0 Å². The lowest BCUT2D eigenvalue weighted by Gasteiger charge is -2.26. The molecule has 1 fully saturated rings. The van der Waals surface area contributed by atoms with E-state index in [0.717, 1.165) is 25.3 Å². The van der Waals surface area contributed by atoms with Gasteiger partial charge in [0.05, 0.1) is 6.17 Å². The molecule has 2 aromatic rings. The average Bonchev–Trinajstić information content (AvgIpc) is 2.74. The number of rotatable bonds is 1. The molecule has 1 aliphatic rings. The van der Waals surface area contributed by atoms with Crippen molar-refractivity contribution in [3.8, 4) is 0 Å². The molecule has 0 spiro atoms. The molecule has 2 N–H and O–H groups in total. The molecular weight excluding hydrogens is 188 g/mol. The summed E-state index contributed by atoms with van der Waals surface area (Å²) in [5.41, 5.74) is 1.05. The Morgan fingerprint density at radius 2 is 2.33 bits per heavy atom. The number of nitrogens with zero attached hydrogens (tertiary/aromatic N) is 2. The molecule has 0 amide bonds. The second-order valence-electron chi connectivity index (χ2n) is 3.81. The molecule has 15 heavy (non-hydrogen) atoms. The first kappa shape index (κ1) is 8.88. The molecule has 1 unspecified atom stereocenters. The van der Waals surface area contributed by atoms with E-state index in [1.165, 1.54) is 5.39 Å². The first-order valence-corrected chi connectivity index (χ1v) is 5.31. The van der Waals surface area contributed by atoms with Crippen molar-refractivity contribution in [3.63, 3.8) is 0 Å². The van der Waals surface area contributed by atoms with E-state index in [1.54, 1.807) is 0 Å². The van der Waals surface area contributed by atoms with Gasteiger partial charge >= 0.3 is 0 Å². The largest absolute Gasteiger partial charge is 0.315 e. The van der Waals surface area contributed by atoms with Gasteiger partial charge in [0, 0.05) is 37.4 Å². The van der Waals surface area contributed by atoms with Gasteiger partial charge in [0.25, 0.3) is 0 Å². The van der Waals surface area contributed by atoms with Crippen LogP contribution in [0.4, 0.5) is 0 Å². The smallest absolute Gasteiger partial charge is 0.141 e. The Morgan fingerprint density at radius 3 is 3.20 bits per heavy atom.